The van der Waals surface area contributed by atoms with E-state index in [-0.39, 0.29) is 0 Å². The van der Waals surface area contributed by atoms with Crippen molar-refractivity contribution in [3.8, 4) is 24.0 Å². The first kappa shape index (κ1) is 24.5. The van der Waals surface area contributed by atoms with Crippen molar-refractivity contribution < 1.29 is 9.47 Å². The van der Waals surface area contributed by atoms with Crippen molar-refractivity contribution in [2.75, 3.05) is 0 Å². The first-order valence-electron chi connectivity index (χ1n) is 10.5. The lowest BCUT2D eigenvalue weighted by atomic mass is 9.94. The van der Waals surface area contributed by atoms with Crippen molar-refractivity contribution in [3.05, 3.63) is 92.5 Å². The normalized spacial score (nSPS) is 9.78. The van der Waals surface area contributed by atoms with Crippen molar-refractivity contribution >= 4 is 0 Å². The molecule has 0 aliphatic heterocycles. The zero-order chi connectivity index (χ0) is 23.8. The Morgan fingerprint density at radius 1 is 0.594 bits per heavy atom. The van der Waals surface area contributed by atoms with Gasteiger partial charge in [-0.2, -0.15) is 0 Å². The molecule has 3 rings (SSSR count). The second kappa shape index (κ2) is 11.0. The lowest BCUT2D eigenvalue weighted by Crippen LogP contribution is -1.98. The minimum absolute atomic E-state index is 0.676. The predicted octanol–water partition coefficient (Wildman–Crippen LogP) is 6.84. The molecule has 32 heavy (non-hydrogen) atoms. The number of aryl methyl sites for hydroxylation is 7. The maximum absolute atomic E-state index is 8.69. The molecule has 0 spiro atoms. The summed E-state index contributed by atoms with van der Waals surface area (Å²) in [6, 6.07) is 14.5. The van der Waals surface area contributed by atoms with Crippen LogP contribution < -0.4 is 9.47 Å². The van der Waals surface area contributed by atoms with E-state index in [1.165, 1.54) is 27.8 Å². The minimum atomic E-state index is 0.676. The Morgan fingerprint density at radius 2 is 1.06 bits per heavy atom. The monoisotopic (exact) mass is 426 g/mol. The SMILES string of the molecule is Cc1cc(C)c(Cc2cc(C)c(OC#N)c(C)c2)cc1C.Cc1cccc(C)c1OC#N. The first-order valence-corrected chi connectivity index (χ1v) is 10.5. The first-order chi connectivity index (χ1) is 15.2. The molecule has 0 unspecified atom stereocenters. The maximum Gasteiger partial charge on any atom is 0.292 e. The van der Waals surface area contributed by atoms with Gasteiger partial charge in [0.05, 0.1) is 0 Å². The smallest absolute Gasteiger partial charge is 0.292 e. The van der Waals surface area contributed by atoms with Crippen LogP contribution in [0.2, 0.25) is 0 Å². The summed E-state index contributed by atoms with van der Waals surface area (Å²) >= 11 is 0. The van der Waals surface area contributed by atoms with Crippen LogP contribution in [0.4, 0.5) is 0 Å². The third kappa shape index (κ3) is 6.13. The van der Waals surface area contributed by atoms with Crippen molar-refractivity contribution in [1.82, 2.24) is 0 Å². The van der Waals surface area contributed by atoms with Gasteiger partial charge < -0.3 is 9.47 Å². The van der Waals surface area contributed by atoms with Gasteiger partial charge in [0.25, 0.3) is 12.5 Å². The average Bonchev–Trinajstić information content (AvgIpc) is 2.72. The van der Waals surface area contributed by atoms with E-state index in [4.69, 9.17) is 20.0 Å². The zero-order valence-corrected chi connectivity index (χ0v) is 20.0. The molecular formula is C28H30N2O2. The van der Waals surface area contributed by atoms with E-state index < -0.39 is 0 Å². The van der Waals surface area contributed by atoms with Gasteiger partial charge in [-0.25, -0.2) is 0 Å². The predicted molar refractivity (Wildman–Crippen MR) is 128 cm³/mol. The Bertz CT molecular complexity index is 1150. The van der Waals surface area contributed by atoms with E-state index in [2.05, 4.69) is 45.0 Å². The van der Waals surface area contributed by atoms with Gasteiger partial charge in [0.1, 0.15) is 11.5 Å². The number of nitrogens with zero attached hydrogens (tertiary/aromatic N) is 2. The number of hydrogen-bond donors (Lipinski definition) is 0. The van der Waals surface area contributed by atoms with Gasteiger partial charge in [-0.05, 0) is 105 Å². The molecule has 0 amide bonds. The molecule has 3 aromatic carbocycles. The second-order valence-corrected chi connectivity index (χ2v) is 8.21. The van der Waals surface area contributed by atoms with Gasteiger partial charge >= 0.3 is 0 Å². The minimum Gasteiger partial charge on any atom is -0.387 e. The van der Waals surface area contributed by atoms with Gasteiger partial charge in [0.15, 0.2) is 0 Å². The molecule has 0 heterocycles. The number of benzene rings is 3. The molecule has 0 saturated carbocycles. The summed E-state index contributed by atoms with van der Waals surface area (Å²) in [6.07, 6.45) is 4.33. The second-order valence-electron chi connectivity index (χ2n) is 8.21. The highest BCUT2D eigenvalue weighted by Gasteiger charge is 2.09. The fourth-order valence-electron chi connectivity index (χ4n) is 3.79. The molecular weight excluding hydrogens is 396 g/mol. The lowest BCUT2D eigenvalue weighted by Gasteiger charge is -2.13. The quantitative estimate of drug-likeness (QED) is 0.428. The van der Waals surface area contributed by atoms with Gasteiger partial charge in [-0.15, -0.1) is 10.5 Å². The molecule has 0 aliphatic carbocycles. The summed E-state index contributed by atoms with van der Waals surface area (Å²) in [5.74, 6) is 1.35. The third-order valence-electron chi connectivity index (χ3n) is 5.57. The highest BCUT2D eigenvalue weighted by Crippen LogP contribution is 2.27. The molecule has 4 nitrogen and oxygen atoms in total. The molecule has 0 aliphatic rings. The largest absolute Gasteiger partial charge is 0.387 e. The molecule has 4 heteroatoms. The van der Waals surface area contributed by atoms with Crippen molar-refractivity contribution in [1.29, 1.82) is 10.5 Å². The zero-order valence-electron chi connectivity index (χ0n) is 20.0. The van der Waals surface area contributed by atoms with Crippen molar-refractivity contribution in [3.63, 3.8) is 0 Å². The van der Waals surface area contributed by atoms with Crippen LogP contribution >= 0.6 is 0 Å². The van der Waals surface area contributed by atoms with Gasteiger partial charge in [-0.1, -0.05) is 42.5 Å². The Hall–Kier alpha value is -3.76. The van der Waals surface area contributed by atoms with Crippen LogP contribution in [0.3, 0.4) is 0 Å². The van der Waals surface area contributed by atoms with Crippen LogP contribution in [0.5, 0.6) is 11.5 Å². The Balaban J connectivity index is 0.000000278. The van der Waals surface area contributed by atoms with Crippen molar-refractivity contribution in [2.24, 2.45) is 0 Å². The highest BCUT2D eigenvalue weighted by atomic mass is 16.5. The Labute approximate surface area is 191 Å². The number of ether oxygens (including phenoxy) is 2. The molecule has 0 saturated heterocycles. The van der Waals surface area contributed by atoms with Crippen LogP contribution in [0.25, 0.3) is 0 Å². The molecule has 0 N–H and O–H groups in total. The summed E-state index contributed by atoms with van der Waals surface area (Å²) in [7, 11) is 0. The van der Waals surface area contributed by atoms with Crippen LogP contribution in [0, 0.1) is 71.5 Å². The summed E-state index contributed by atoms with van der Waals surface area (Å²) in [5.41, 5.74) is 10.6. The fourth-order valence-corrected chi connectivity index (χ4v) is 3.79. The van der Waals surface area contributed by atoms with Gasteiger partial charge in [0, 0.05) is 0 Å². The van der Waals surface area contributed by atoms with E-state index in [9.17, 15) is 0 Å². The van der Waals surface area contributed by atoms with Gasteiger partial charge in [-0.3, -0.25) is 0 Å². The Kier molecular flexibility index (Phi) is 8.45. The molecule has 0 fully saturated rings. The molecule has 0 aromatic heterocycles. The summed E-state index contributed by atoms with van der Waals surface area (Å²) < 4.78 is 9.81. The Morgan fingerprint density at radius 3 is 1.56 bits per heavy atom. The summed E-state index contributed by atoms with van der Waals surface area (Å²) in [4.78, 5) is 0. The average molecular weight is 427 g/mol. The molecule has 164 valence electrons. The van der Waals surface area contributed by atoms with Crippen LogP contribution in [-0.4, -0.2) is 0 Å². The van der Waals surface area contributed by atoms with E-state index in [0.717, 1.165) is 28.7 Å². The standard InChI is InChI=1S/C19H21NO.C9H9NO/c1-12-6-14(3)18(9-13(12)2)10-17-7-15(4)19(21-11-20)16(5)8-17;1-7-4-3-5-8(2)9(7)11-6-10/h6-9H,10H2,1-5H3;3-5H,1-2H3. The van der Waals surface area contributed by atoms with E-state index >= 15 is 0 Å². The summed E-state index contributed by atoms with van der Waals surface area (Å²) in [5, 5.41) is 17.0. The number of hydrogen-bond acceptors (Lipinski definition) is 4. The van der Waals surface area contributed by atoms with Gasteiger partial charge in [0.2, 0.25) is 0 Å². The van der Waals surface area contributed by atoms with E-state index in [0.29, 0.717) is 11.5 Å². The van der Waals surface area contributed by atoms with E-state index in [1.807, 2.05) is 45.9 Å². The number of nitriles is 2. The highest BCUT2D eigenvalue weighted by molar-refractivity contribution is 5.46. The van der Waals surface area contributed by atoms with Crippen LogP contribution in [0.15, 0.2) is 42.5 Å². The molecule has 3 aromatic rings. The third-order valence-corrected chi connectivity index (χ3v) is 5.57. The molecule has 0 bridgehead atoms. The summed E-state index contributed by atoms with van der Waals surface area (Å²) in [6.45, 7) is 14.3. The lowest BCUT2D eigenvalue weighted by molar-refractivity contribution is 0.498. The van der Waals surface area contributed by atoms with E-state index in [1.54, 1.807) is 12.5 Å². The maximum atomic E-state index is 8.69. The number of rotatable bonds is 4. The fraction of sp³-hybridized carbons (Fsp3) is 0.286. The van der Waals surface area contributed by atoms with Crippen molar-refractivity contribution in [2.45, 2.75) is 54.9 Å². The molecule has 0 radical (unpaired) electrons. The molecule has 0 atom stereocenters. The van der Waals surface area contributed by atoms with Crippen LogP contribution in [-0.2, 0) is 6.42 Å². The number of para-hydroxylation sites is 1. The topological polar surface area (TPSA) is 66.0 Å². The van der Waals surface area contributed by atoms with Crippen LogP contribution in [0.1, 0.15) is 50.1 Å².